The Kier molecular flexibility index (Phi) is 4.08. The molecule has 0 unspecified atom stereocenters. The minimum Gasteiger partial charge on any atom is -0.497 e. The summed E-state index contributed by atoms with van der Waals surface area (Å²) in [5, 5.41) is 0.659. The molecule has 0 aliphatic carbocycles. The molecule has 3 aromatic rings. The number of carbonyl (C=O) groups is 2. The molecule has 0 aliphatic heterocycles. The van der Waals surface area contributed by atoms with Gasteiger partial charge < -0.3 is 9.47 Å². The number of fused-ring (bicyclic) bond motifs is 1. The van der Waals surface area contributed by atoms with Crippen molar-refractivity contribution in [2.24, 2.45) is 0 Å². The van der Waals surface area contributed by atoms with Gasteiger partial charge in [-0.1, -0.05) is 18.2 Å². The molecule has 0 spiro atoms. The molecule has 1 aromatic heterocycles. The molecule has 122 valence electrons. The third-order valence-electron chi connectivity index (χ3n) is 3.82. The van der Waals surface area contributed by atoms with Crippen molar-refractivity contribution in [2.75, 3.05) is 7.11 Å². The summed E-state index contributed by atoms with van der Waals surface area (Å²) < 4.78 is 12.2. The number of benzene rings is 2. The molecular weight excluding hydrogens is 306 g/mol. The average Bonchev–Trinajstić information content (AvgIpc) is 2.86. The summed E-state index contributed by atoms with van der Waals surface area (Å²) in [6, 6.07) is 14.3. The molecule has 5 nitrogen and oxygen atoms in total. The summed E-state index contributed by atoms with van der Waals surface area (Å²) in [7, 11) is 1.56. The van der Waals surface area contributed by atoms with Crippen molar-refractivity contribution in [3.05, 3.63) is 59.8 Å². The summed E-state index contributed by atoms with van der Waals surface area (Å²) in [5.74, 6) is 0.384. The maximum atomic E-state index is 12.9. The van der Waals surface area contributed by atoms with E-state index in [4.69, 9.17) is 9.47 Å². The van der Waals surface area contributed by atoms with Crippen molar-refractivity contribution in [1.82, 2.24) is 4.57 Å². The Labute approximate surface area is 139 Å². The summed E-state index contributed by atoms with van der Waals surface area (Å²) in [4.78, 5) is 24.4. The predicted molar refractivity (Wildman–Crippen MR) is 90.7 cm³/mol. The summed E-state index contributed by atoms with van der Waals surface area (Å²) in [6.07, 6.45) is 0. The normalized spacial score (nSPS) is 10.6. The quantitative estimate of drug-likeness (QED) is 0.691. The van der Waals surface area contributed by atoms with E-state index in [-0.39, 0.29) is 5.91 Å². The van der Waals surface area contributed by atoms with E-state index in [1.807, 2.05) is 18.2 Å². The Bertz CT molecular complexity index is 925. The second-order valence-electron chi connectivity index (χ2n) is 5.40. The molecule has 0 N–H and O–H groups in total. The Morgan fingerprint density at radius 1 is 1.04 bits per heavy atom. The molecule has 0 saturated heterocycles. The van der Waals surface area contributed by atoms with E-state index in [1.54, 1.807) is 48.9 Å². The second-order valence-corrected chi connectivity index (χ2v) is 5.40. The molecule has 3 rings (SSSR count). The molecule has 0 saturated carbocycles. The zero-order valence-corrected chi connectivity index (χ0v) is 13.7. The van der Waals surface area contributed by atoms with Gasteiger partial charge in [-0.25, -0.2) is 0 Å². The van der Waals surface area contributed by atoms with Crippen LogP contribution in [0.3, 0.4) is 0 Å². The number of hydrogen-bond donors (Lipinski definition) is 0. The van der Waals surface area contributed by atoms with Crippen LogP contribution in [0.5, 0.6) is 11.5 Å². The number of hydrogen-bond acceptors (Lipinski definition) is 4. The Morgan fingerprint density at radius 3 is 2.38 bits per heavy atom. The highest BCUT2D eigenvalue weighted by atomic mass is 16.5. The minimum atomic E-state index is -0.438. The second kappa shape index (κ2) is 6.20. The largest absolute Gasteiger partial charge is 0.497 e. The first kappa shape index (κ1) is 15.8. The molecule has 24 heavy (non-hydrogen) atoms. The first-order valence-electron chi connectivity index (χ1n) is 7.50. The van der Waals surface area contributed by atoms with Crippen molar-refractivity contribution in [2.45, 2.75) is 13.8 Å². The van der Waals surface area contributed by atoms with Gasteiger partial charge in [0.1, 0.15) is 5.75 Å². The van der Waals surface area contributed by atoms with Crippen LogP contribution >= 0.6 is 0 Å². The lowest BCUT2D eigenvalue weighted by Crippen LogP contribution is -2.13. The SMILES string of the molecule is COc1ccc2c(c1)c(OC(C)=O)c(C)n2C(=O)c1ccccc1. The standard InChI is InChI=1S/C19H17NO4/c1-12-18(24-13(2)21)16-11-15(23-3)9-10-17(16)20(12)19(22)14-7-5-4-6-8-14/h4-11H,1-3H3. The zero-order valence-electron chi connectivity index (χ0n) is 13.7. The van der Waals surface area contributed by atoms with Gasteiger partial charge in [-0.2, -0.15) is 0 Å². The van der Waals surface area contributed by atoms with E-state index in [0.717, 1.165) is 0 Å². The number of methoxy groups -OCH3 is 1. The highest BCUT2D eigenvalue weighted by Gasteiger charge is 2.22. The number of rotatable bonds is 3. The monoisotopic (exact) mass is 323 g/mol. The van der Waals surface area contributed by atoms with E-state index in [2.05, 4.69) is 0 Å². The molecule has 1 heterocycles. The van der Waals surface area contributed by atoms with Gasteiger partial charge in [-0.3, -0.25) is 14.2 Å². The van der Waals surface area contributed by atoms with Gasteiger partial charge >= 0.3 is 5.97 Å². The number of nitrogens with zero attached hydrogens (tertiary/aromatic N) is 1. The van der Waals surface area contributed by atoms with Crippen LogP contribution in [-0.4, -0.2) is 23.6 Å². The molecule has 0 amide bonds. The van der Waals surface area contributed by atoms with Crippen LogP contribution in [0.4, 0.5) is 0 Å². The maximum absolute atomic E-state index is 12.9. The van der Waals surface area contributed by atoms with Crippen LogP contribution in [0.15, 0.2) is 48.5 Å². The van der Waals surface area contributed by atoms with E-state index < -0.39 is 5.97 Å². The third kappa shape index (κ3) is 2.65. The molecule has 2 aromatic carbocycles. The summed E-state index contributed by atoms with van der Waals surface area (Å²) in [6.45, 7) is 3.09. The molecule has 0 atom stereocenters. The molecule has 0 aliphatic rings. The lowest BCUT2D eigenvalue weighted by molar-refractivity contribution is -0.131. The summed E-state index contributed by atoms with van der Waals surface area (Å²) in [5.41, 5.74) is 1.79. The van der Waals surface area contributed by atoms with Crippen LogP contribution in [0, 0.1) is 6.92 Å². The molecule has 0 radical (unpaired) electrons. The zero-order chi connectivity index (χ0) is 17.3. The van der Waals surface area contributed by atoms with Gasteiger partial charge in [0.25, 0.3) is 5.91 Å². The number of carbonyl (C=O) groups excluding carboxylic acids is 2. The lowest BCUT2D eigenvalue weighted by atomic mass is 10.2. The van der Waals surface area contributed by atoms with Gasteiger partial charge in [-0.15, -0.1) is 0 Å². The van der Waals surface area contributed by atoms with Gasteiger partial charge in [-0.05, 0) is 37.3 Å². The fourth-order valence-corrected chi connectivity index (χ4v) is 2.74. The first-order valence-corrected chi connectivity index (χ1v) is 7.50. The topological polar surface area (TPSA) is 57.5 Å². The number of esters is 1. The van der Waals surface area contributed by atoms with E-state index in [9.17, 15) is 9.59 Å². The number of ether oxygens (including phenoxy) is 2. The summed E-state index contributed by atoms with van der Waals surface area (Å²) >= 11 is 0. The Morgan fingerprint density at radius 2 is 1.75 bits per heavy atom. The fraction of sp³-hybridized carbons (Fsp3) is 0.158. The minimum absolute atomic E-state index is 0.179. The highest BCUT2D eigenvalue weighted by Crippen LogP contribution is 2.35. The molecule has 0 fully saturated rings. The highest BCUT2D eigenvalue weighted by molar-refractivity contribution is 6.05. The maximum Gasteiger partial charge on any atom is 0.308 e. The van der Waals surface area contributed by atoms with Gasteiger partial charge in [0.2, 0.25) is 0 Å². The number of aromatic nitrogens is 1. The van der Waals surface area contributed by atoms with E-state index in [0.29, 0.717) is 33.7 Å². The Hall–Kier alpha value is -3.08. The van der Waals surface area contributed by atoms with Crippen molar-refractivity contribution in [3.63, 3.8) is 0 Å². The van der Waals surface area contributed by atoms with Crippen LogP contribution in [0.1, 0.15) is 23.0 Å². The smallest absolute Gasteiger partial charge is 0.308 e. The molecular formula is C19H17NO4. The van der Waals surface area contributed by atoms with Crippen molar-refractivity contribution in [3.8, 4) is 11.5 Å². The molecule has 5 heteroatoms. The van der Waals surface area contributed by atoms with Crippen LogP contribution in [0.25, 0.3) is 10.9 Å². The van der Waals surface area contributed by atoms with E-state index >= 15 is 0 Å². The van der Waals surface area contributed by atoms with Crippen LogP contribution in [0.2, 0.25) is 0 Å². The molecule has 0 bridgehead atoms. The van der Waals surface area contributed by atoms with Gasteiger partial charge in [0, 0.05) is 17.9 Å². The van der Waals surface area contributed by atoms with Crippen LogP contribution < -0.4 is 9.47 Å². The predicted octanol–water partition coefficient (Wildman–Crippen LogP) is 3.57. The third-order valence-corrected chi connectivity index (χ3v) is 3.82. The Balaban J connectivity index is 2.26. The lowest BCUT2D eigenvalue weighted by Gasteiger charge is -2.07. The van der Waals surface area contributed by atoms with Crippen molar-refractivity contribution in [1.29, 1.82) is 0 Å². The average molecular weight is 323 g/mol. The van der Waals surface area contributed by atoms with Crippen LogP contribution in [-0.2, 0) is 4.79 Å². The van der Waals surface area contributed by atoms with Gasteiger partial charge in [0.05, 0.1) is 18.3 Å². The first-order chi connectivity index (χ1) is 11.5. The van der Waals surface area contributed by atoms with Crippen molar-refractivity contribution >= 4 is 22.8 Å². The van der Waals surface area contributed by atoms with E-state index in [1.165, 1.54) is 6.92 Å². The van der Waals surface area contributed by atoms with Gasteiger partial charge in [0.15, 0.2) is 5.75 Å². The van der Waals surface area contributed by atoms with Crippen molar-refractivity contribution < 1.29 is 19.1 Å². The fourth-order valence-electron chi connectivity index (χ4n) is 2.74.